The van der Waals surface area contributed by atoms with Crippen LogP contribution in [0.4, 0.5) is 0 Å². The number of aromatic nitrogens is 1. The van der Waals surface area contributed by atoms with Crippen LogP contribution in [-0.4, -0.2) is 40.3 Å². The lowest BCUT2D eigenvalue weighted by molar-refractivity contribution is -0.129. The molecule has 0 aliphatic carbocycles. The molecule has 1 aliphatic rings. The maximum atomic E-state index is 12.0. The second kappa shape index (κ2) is 5.46. The summed E-state index contributed by atoms with van der Waals surface area (Å²) in [4.78, 5) is 13.7. The number of hydrogen-bond acceptors (Lipinski definition) is 4. The number of nitrogens with zero attached hydrogens (tertiary/aromatic N) is 2. The van der Waals surface area contributed by atoms with Crippen LogP contribution in [0.3, 0.4) is 0 Å². The zero-order valence-corrected chi connectivity index (χ0v) is 11.0. The summed E-state index contributed by atoms with van der Waals surface area (Å²) in [5, 5.41) is 13.4. The largest absolute Gasteiger partial charge is 0.391 e. The molecule has 2 aromatic rings. The molecular weight excluding hydrogens is 256 g/mol. The van der Waals surface area contributed by atoms with E-state index in [4.69, 9.17) is 4.52 Å². The van der Waals surface area contributed by atoms with Gasteiger partial charge in [-0.05, 0) is 6.42 Å². The highest BCUT2D eigenvalue weighted by Gasteiger charge is 2.25. The molecule has 104 valence electrons. The first-order chi connectivity index (χ1) is 9.72. The topological polar surface area (TPSA) is 66.6 Å². The van der Waals surface area contributed by atoms with Crippen molar-refractivity contribution in [3.63, 3.8) is 0 Å². The Hall–Kier alpha value is -2.14. The summed E-state index contributed by atoms with van der Waals surface area (Å²) in [6.45, 7) is 1.03. The maximum absolute atomic E-state index is 12.0. The number of carbonyl (C=O) groups is 1. The van der Waals surface area contributed by atoms with Gasteiger partial charge in [0.25, 0.3) is 0 Å². The number of carbonyl (C=O) groups excluding carboxylic acids is 1. The molecule has 1 aliphatic heterocycles. The fourth-order valence-corrected chi connectivity index (χ4v) is 2.37. The summed E-state index contributed by atoms with van der Waals surface area (Å²) in [7, 11) is 0. The third-order valence-electron chi connectivity index (χ3n) is 3.47. The van der Waals surface area contributed by atoms with E-state index in [-0.39, 0.29) is 12.3 Å². The van der Waals surface area contributed by atoms with Crippen molar-refractivity contribution in [1.82, 2.24) is 10.1 Å². The van der Waals surface area contributed by atoms with Crippen LogP contribution in [0, 0.1) is 0 Å². The number of benzene rings is 1. The van der Waals surface area contributed by atoms with E-state index in [1.54, 1.807) is 11.0 Å². The molecule has 1 saturated heterocycles. The first kappa shape index (κ1) is 12.9. The van der Waals surface area contributed by atoms with Crippen molar-refractivity contribution in [2.45, 2.75) is 18.9 Å². The highest BCUT2D eigenvalue weighted by molar-refractivity contribution is 5.79. The molecule has 1 fully saturated rings. The third-order valence-corrected chi connectivity index (χ3v) is 3.47. The Balaban J connectivity index is 1.67. The number of hydrogen-bond donors (Lipinski definition) is 1. The second-order valence-electron chi connectivity index (χ2n) is 5.01. The second-order valence-corrected chi connectivity index (χ2v) is 5.01. The summed E-state index contributed by atoms with van der Waals surface area (Å²) < 4.78 is 5.27. The molecule has 1 aromatic carbocycles. The molecule has 3 rings (SSSR count). The van der Waals surface area contributed by atoms with Gasteiger partial charge in [0, 0.05) is 24.7 Å². The van der Waals surface area contributed by atoms with Gasteiger partial charge in [-0.1, -0.05) is 35.5 Å². The van der Waals surface area contributed by atoms with Gasteiger partial charge in [-0.2, -0.15) is 0 Å². The van der Waals surface area contributed by atoms with Gasteiger partial charge in [-0.25, -0.2) is 0 Å². The maximum Gasteiger partial charge on any atom is 0.228 e. The Morgan fingerprint density at radius 1 is 1.40 bits per heavy atom. The quantitative estimate of drug-likeness (QED) is 0.919. The third kappa shape index (κ3) is 2.72. The van der Waals surface area contributed by atoms with Crippen molar-refractivity contribution in [2.75, 3.05) is 13.1 Å². The predicted molar refractivity (Wildman–Crippen MR) is 72.8 cm³/mol. The molecule has 1 atom stereocenters. The molecule has 1 amide bonds. The van der Waals surface area contributed by atoms with Gasteiger partial charge >= 0.3 is 0 Å². The molecule has 5 heteroatoms. The molecular formula is C15H16N2O3. The minimum Gasteiger partial charge on any atom is -0.391 e. The average molecular weight is 272 g/mol. The number of rotatable bonds is 3. The minimum absolute atomic E-state index is 0.0190. The Bertz CT molecular complexity index is 594. The number of aliphatic hydroxyl groups is 1. The molecule has 0 unspecified atom stereocenters. The zero-order chi connectivity index (χ0) is 13.9. The average Bonchev–Trinajstić information content (AvgIpc) is 3.09. The number of likely N-dealkylation sites (tertiary alicyclic amines) is 1. The number of amides is 1. The lowest BCUT2D eigenvalue weighted by Gasteiger charge is -2.14. The monoisotopic (exact) mass is 272 g/mol. The molecule has 0 saturated carbocycles. The van der Waals surface area contributed by atoms with E-state index in [1.165, 1.54) is 0 Å². The molecule has 0 radical (unpaired) electrons. The Morgan fingerprint density at radius 3 is 2.90 bits per heavy atom. The molecule has 0 bridgehead atoms. The van der Waals surface area contributed by atoms with Crippen molar-refractivity contribution >= 4 is 5.91 Å². The van der Waals surface area contributed by atoms with Gasteiger partial charge in [0.15, 0.2) is 5.76 Å². The molecule has 20 heavy (non-hydrogen) atoms. The van der Waals surface area contributed by atoms with Gasteiger partial charge in [-0.15, -0.1) is 0 Å². The van der Waals surface area contributed by atoms with Crippen LogP contribution in [-0.2, 0) is 11.2 Å². The van der Waals surface area contributed by atoms with E-state index < -0.39 is 6.10 Å². The standard InChI is InChI=1S/C15H16N2O3/c18-13-6-7-17(10-13)15(19)9-12-8-14(20-16-12)11-4-2-1-3-5-11/h1-5,8,13,18H,6-7,9-10H2/t13-/m1/s1. The summed E-state index contributed by atoms with van der Waals surface area (Å²) in [6, 6.07) is 11.4. The fraction of sp³-hybridized carbons (Fsp3) is 0.333. The summed E-state index contributed by atoms with van der Waals surface area (Å²) in [6.07, 6.45) is 0.471. The summed E-state index contributed by atoms with van der Waals surface area (Å²) in [5.74, 6) is 0.643. The van der Waals surface area contributed by atoms with E-state index in [1.807, 2.05) is 30.3 Å². The van der Waals surface area contributed by atoms with Crippen LogP contribution < -0.4 is 0 Å². The highest BCUT2D eigenvalue weighted by atomic mass is 16.5. The highest BCUT2D eigenvalue weighted by Crippen LogP contribution is 2.20. The number of aliphatic hydroxyl groups excluding tert-OH is 1. The molecule has 0 spiro atoms. The summed E-state index contributed by atoms with van der Waals surface area (Å²) >= 11 is 0. The van der Waals surface area contributed by atoms with Crippen LogP contribution in [0.25, 0.3) is 11.3 Å². The zero-order valence-electron chi connectivity index (χ0n) is 11.0. The van der Waals surface area contributed by atoms with Gasteiger partial charge in [-0.3, -0.25) is 4.79 Å². The van der Waals surface area contributed by atoms with Gasteiger partial charge in [0.2, 0.25) is 5.91 Å². The Labute approximate surface area is 116 Å². The van der Waals surface area contributed by atoms with E-state index in [0.717, 1.165) is 5.56 Å². The van der Waals surface area contributed by atoms with Crippen LogP contribution in [0.2, 0.25) is 0 Å². The van der Waals surface area contributed by atoms with Crippen molar-refractivity contribution < 1.29 is 14.4 Å². The van der Waals surface area contributed by atoms with Crippen molar-refractivity contribution in [2.24, 2.45) is 0 Å². The predicted octanol–water partition coefficient (Wildman–Crippen LogP) is 1.48. The van der Waals surface area contributed by atoms with Gasteiger partial charge < -0.3 is 14.5 Å². The lowest BCUT2D eigenvalue weighted by Crippen LogP contribution is -2.30. The lowest BCUT2D eigenvalue weighted by atomic mass is 10.1. The summed E-state index contributed by atoms with van der Waals surface area (Å²) in [5.41, 5.74) is 1.56. The molecule has 1 N–H and O–H groups in total. The van der Waals surface area contributed by atoms with Crippen molar-refractivity contribution in [3.05, 3.63) is 42.1 Å². The van der Waals surface area contributed by atoms with Crippen molar-refractivity contribution in [1.29, 1.82) is 0 Å². The first-order valence-corrected chi connectivity index (χ1v) is 6.69. The SMILES string of the molecule is O=C(Cc1cc(-c2ccccc2)on1)N1CC[C@@H](O)C1. The molecule has 1 aromatic heterocycles. The Morgan fingerprint density at radius 2 is 2.20 bits per heavy atom. The minimum atomic E-state index is -0.392. The van der Waals surface area contributed by atoms with Crippen LogP contribution in [0.15, 0.2) is 40.9 Å². The molecule has 5 nitrogen and oxygen atoms in total. The van der Waals surface area contributed by atoms with E-state index in [9.17, 15) is 9.90 Å². The van der Waals surface area contributed by atoms with Gasteiger partial charge in [0.1, 0.15) is 0 Å². The van der Waals surface area contributed by atoms with Crippen LogP contribution in [0.1, 0.15) is 12.1 Å². The number of β-amino-alcohol motifs (C(OH)–C–C–N with tert-alkyl or cyclic N) is 1. The fourth-order valence-electron chi connectivity index (χ4n) is 2.37. The Kier molecular flexibility index (Phi) is 3.52. The molecule has 2 heterocycles. The normalized spacial score (nSPS) is 18.4. The van der Waals surface area contributed by atoms with E-state index in [2.05, 4.69) is 5.16 Å². The van der Waals surface area contributed by atoms with E-state index >= 15 is 0 Å². The van der Waals surface area contributed by atoms with Crippen LogP contribution in [0.5, 0.6) is 0 Å². The van der Waals surface area contributed by atoms with Crippen molar-refractivity contribution in [3.8, 4) is 11.3 Å². The van der Waals surface area contributed by atoms with E-state index in [0.29, 0.717) is 31.0 Å². The van der Waals surface area contributed by atoms with Gasteiger partial charge in [0.05, 0.1) is 18.2 Å². The van der Waals surface area contributed by atoms with Crippen LogP contribution >= 0.6 is 0 Å². The first-order valence-electron chi connectivity index (χ1n) is 6.69. The smallest absolute Gasteiger partial charge is 0.228 e.